The van der Waals surface area contributed by atoms with Crippen LogP contribution >= 0.6 is 15.9 Å². The summed E-state index contributed by atoms with van der Waals surface area (Å²) in [6.45, 7) is 0. The number of halogens is 1. The molecular weight excluding hydrogens is 445 g/mol. The number of methoxy groups -OCH3 is 1. The van der Waals surface area contributed by atoms with Gasteiger partial charge in [0, 0.05) is 21.9 Å². The molecule has 0 aliphatic rings. The third kappa shape index (κ3) is 4.26. The molecule has 0 fully saturated rings. The predicted octanol–water partition coefficient (Wildman–Crippen LogP) is 3.64. The van der Waals surface area contributed by atoms with Gasteiger partial charge in [-0.05, 0) is 65.4 Å². The summed E-state index contributed by atoms with van der Waals surface area (Å²) in [5.74, 6) is 0.851. The number of hydrogen-bond acceptors (Lipinski definition) is 4. The van der Waals surface area contributed by atoms with Gasteiger partial charge >= 0.3 is 7.12 Å². The number of H-pyrrole nitrogens is 1. The third-order valence-electron chi connectivity index (χ3n) is 4.74. The Morgan fingerprint density at radius 1 is 1.00 bits per heavy atom. The molecule has 5 aromatic rings. The SMILES string of the molecule is COc1ccc(-n2cnc3ccc(Br)cc32)cc1.OB(O)c1ccc2[nH]ccc2c1. The third-order valence-corrected chi connectivity index (χ3v) is 5.23. The number of benzene rings is 3. The summed E-state index contributed by atoms with van der Waals surface area (Å²) in [5.41, 5.74) is 4.64. The first kappa shape index (κ1) is 20.2. The lowest BCUT2D eigenvalue weighted by Gasteiger charge is -2.05. The molecule has 3 aromatic carbocycles. The van der Waals surface area contributed by atoms with Gasteiger partial charge in [-0.3, -0.25) is 4.57 Å². The van der Waals surface area contributed by atoms with Crippen molar-refractivity contribution in [3.63, 3.8) is 0 Å². The second-order valence-electron chi connectivity index (χ2n) is 6.64. The van der Waals surface area contributed by atoms with Crippen LogP contribution in [0.15, 0.2) is 83.7 Å². The molecule has 0 atom stereocenters. The smallest absolute Gasteiger partial charge is 0.488 e. The lowest BCUT2D eigenvalue weighted by Crippen LogP contribution is -2.29. The summed E-state index contributed by atoms with van der Waals surface area (Å²) < 4.78 is 8.26. The van der Waals surface area contributed by atoms with Crippen LogP contribution in [0.25, 0.3) is 27.6 Å². The molecule has 3 N–H and O–H groups in total. The van der Waals surface area contributed by atoms with Gasteiger partial charge in [-0.25, -0.2) is 4.98 Å². The van der Waals surface area contributed by atoms with Crippen molar-refractivity contribution < 1.29 is 14.8 Å². The molecule has 2 heterocycles. The molecule has 5 rings (SSSR count). The minimum atomic E-state index is -1.38. The van der Waals surface area contributed by atoms with E-state index in [-0.39, 0.29) is 0 Å². The van der Waals surface area contributed by atoms with E-state index < -0.39 is 7.12 Å². The highest BCUT2D eigenvalue weighted by molar-refractivity contribution is 9.10. The number of ether oxygens (including phenoxy) is 1. The van der Waals surface area contributed by atoms with Gasteiger partial charge in [0.1, 0.15) is 12.1 Å². The molecule has 0 bridgehead atoms. The lowest BCUT2D eigenvalue weighted by molar-refractivity contribution is 0.414. The zero-order valence-electron chi connectivity index (χ0n) is 16.2. The average molecular weight is 464 g/mol. The minimum Gasteiger partial charge on any atom is -0.497 e. The van der Waals surface area contributed by atoms with Crippen LogP contribution in [0.5, 0.6) is 5.75 Å². The molecule has 0 aliphatic carbocycles. The van der Waals surface area contributed by atoms with Crippen LogP contribution in [-0.2, 0) is 0 Å². The second kappa shape index (κ2) is 8.75. The van der Waals surface area contributed by atoms with Crippen LogP contribution in [-0.4, -0.2) is 38.8 Å². The van der Waals surface area contributed by atoms with Gasteiger partial charge in [-0.1, -0.05) is 28.1 Å². The maximum absolute atomic E-state index is 8.87. The average Bonchev–Trinajstić information content (AvgIpc) is 3.40. The highest BCUT2D eigenvalue weighted by Gasteiger charge is 2.10. The molecule has 0 spiro atoms. The summed E-state index contributed by atoms with van der Waals surface area (Å²) in [6.07, 6.45) is 3.65. The number of nitrogens with zero attached hydrogens (tertiary/aromatic N) is 2. The largest absolute Gasteiger partial charge is 0.497 e. The predicted molar refractivity (Wildman–Crippen MR) is 123 cm³/mol. The van der Waals surface area contributed by atoms with Gasteiger partial charge < -0.3 is 19.8 Å². The van der Waals surface area contributed by atoms with Gasteiger partial charge in [0.2, 0.25) is 0 Å². The molecular formula is C22H19BBrN3O3. The van der Waals surface area contributed by atoms with Gasteiger partial charge in [0.15, 0.2) is 0 Å². The van der Waals surface area contributed by atoms with Crippen molar-refractivity contribution in [2.75, 3.05) is 7.11 Å². The number of hydrogen-bond donors (Lipinski definition) is 3. The molecule has 150 valence electrons. The Hall–Kier alpha value is -3.07. The molecule has 0 radical (unpaired) electrons. The van der Waals surface area contributed by atoms with E-state index in [2.05, 4.69) is 36.5 Å². The first-order valence-electron chi connectivity index (χ1n) is 9.25. The van der Waals surface area contributed by atoms with E-state index >= 15 is 0 Å². The van der Waals surface area contributed by atoms with Crippen molar-refractivity contribution in [1.82, 2.24) is 14.5 Å². The van der Waals surface area contributed by atoms with Crippen LogP contribution in [0, 0.1) is 0 Å². The summed E-state index contributed by atoms with van der Waals surface area (Å²) in [5, 5.41) is 18.7. The van der Waals surface area contributed by atoms with Crippen molar-refractivity contribution in [3.8, 4) is 11.4 Å². The van der Waals surface area contributed by atoms with E-state index in [4.69, 9.17) is 14.8 Å². The Kier molecular flexibility index (Phi) is 5.90. The fraction of sp³-hybridized carbons (Fsp3) is 0.0455. The van der Waals surface area contributed by atoms with E-state index in [0.29, 0.717) is 5.46 Å². The standard InChI is InChI=1S/C14H11BrN2O.C8H8BNO2/c1-18-12-5-3-11(4-6-12)17-9-16-13-7-2-10(15)8-14(13)17;11-9(12)7-1-2-8-6(5-7)3-4-10-8/h2-9H,1H3;1-5,10-12H. The normalized spacial score (nSPS) is 10.7. The van der Waals surface area contributed by atoms with Crippen molar-refractivity contribution in [2.24, 2.45) is 0 Å². The number of aromatic nitrogens is 3. The second-order valence-corrected chi connectivity index (χ2v) is 7.56. The molecule has 0 saturated heterocycles. The first-order chi connectivity index (χ1) is 14.5. The maximum Gasteiger partial charge on any atom is 0.488 e. The molecule has 2 aromatic heterocycles. The summed E-state index contributed by atoms with van der Waals surface area (Å²) in [6, 6.07) is 21.1. The summed E-state index contributed by atoms with van der Waals surface area (Å²) in [7, 11) is 0.281. The van der Waals surface area contributed by atoms with E-state index in [1.54, 1.807) is 19.2 Å². The van der Waals surface area contributed by atoms with Gasteiger partial charge in [0.25, 0.3) is 0 Å². The quantitative estimate of drug-likeness (QED) is 0.356. The van der Waals surface area contributed by atoms with E-state index in [1.165, 1.54) is 0 Å². The minimum absolute atomic E-state index is 0.516. The molecule has 0 amide bonds. The molecule has 0 aliphatic heterocycles. The van der Waals surface area contributed by atoms with Crippen LogP contribution in [0.2, 0.25) is 0 Å². The zero-order chi connectivity index (χ0) is 21.1. The fourth-order valence-electron chi connectivity index (χ4n) is 3.16. The number of rotatable bonds is 3. The molecule has 30 heavy (non-hydrogen) atoms. The van der Waals surface area contributed by atoms with Gasteiger partial charge in [-0.15, -0.1) is 0 Å². The maximum atomic E-state index is 8.87. The number of nitrogens with one attached hydrogen (secondary N) is 1. The number of fused-ring (bicyclic) bond motifs is 2. The van der Waals surface area contributed by atoms with E-state index in [0.717, 1.165) is 37.8 Å². The van der Waals surface area contributed by atoms with Gasteiger partial charge in [-0.2, -0.15) is 0 Å². The molecule has 8 heteroatoms. The molecule has 6 nitrogen and oxygen atoms in total. The fourth-order valence-corrected chi connectivity index (χ4v) is 3.51. The van der Waals surface area contributed by atoms with Crippen LogP contribution in [0.4, 0.5) is 0 Å². The Bertz CT molecular complexity index is 1280. The number of aromatic amines is 1. The summed E-state index contributed by atoms with van der Waals surface area (Å²) >= 11 is 3.49. The van der Waals surface area contributed by atoms with Crippen molar-refractivity contribution in [1.29, 1.82) is 0 Å². The summed E-state index contributed by atoms with van der Waals surface area (Å²) in [4.78, 5) is 7.41. The Balaban J connectivity index is 0.000000158. The Morgan fingerprint density at radius 2 is 1.80 bits per heavy atom. The van der Waals surface area contributed by atoms with E-state index in [9.17, 15) is 0 Å². The van der Waals surface area contributed by atoms with Crippen molar-refractivity contribution in [3.05, 3.63) is 83.7 Å². The zero-order valence-corrected chi connectivity index (χ0v) is 17.7. The molecule has 0 saturated carbocycles. The number of imidazole rings is 1. The molecule has 0 unspecified atom stereocenters. The first-order valence-corrected chi connectivity index (χ1v) is 10.0. The Labute approximate surface area is 182 Å². The monoisotopic (exact) mass is 463 g/mol. The van der Waals surface area contributed by atoms with E-state index in [1.807, 2.05) is 61.1 Å². The Morgan fingerprint density at radius 3 is 2.53 bits per heavy atom. The van der Waals surface area contributed by atoms with Crippen LogP contribution in [0.3, 0.4) is 0 Å². The van der Waals surface area contributed by atoms with Crippen LogP contribution < -0.4 is 10.2 Å². The van der Waals surface area contributed by atoms with Crippen molar-refractivity contribution >= 4 is 50.4 Å². The van der Waals surface area contributed by atoms with Crippen LogP contribution in [0.1, 0.15) is 0 Å². The highest BCUT2D eigenvalue weighted by Crippen LogP contribution is 2.23. The lowest BCUT2D eigenvalue weighted by atomic mass is 9.80. The van der Waals surface area contributed by atoms with Crippen molar-refractivity contribution in [2.45, 2.75) is 0 Å². The highest BCUT2D eigenvalue weighted by atomic mass is 79.9. The van der Waals surface area contributed by atoms with Gasteiger partial charge in [0.05, 0.1) is 18.1 Å². The topological polar surface area (TPSA) is 83.3 Å².